The molecule has 0 aliphatic carbocycles. The van der Waals surface area contributed by atoms with E-state index in [1.807, 2.05) is 0 Å². The van der Waals surface area contributed by atoms with Crippen LogP contribution in [0.4, 0.5) is 20.6 Å². The maximum atomic E-state index is 14.6. The molecular formula is C17H18FN5O4. The molecule has 1 aromatic heterocycles. The van der Waals surface area contributed by atoms with Gasteiger partial charge in [-0.25, -0.2) is 13.9 Å². The average molecular weight is 375 g/mol. The van der Waals surface area contributed by atoms with Crippen LogP contribution in [0.25, 0.3) is 5.69 Å². The second kappa shape index (κ2) is 7.44. The smallest absolute Gasteiger partial charge is 0.414 e. The minimum absolute atomic E-state index is 0.165. The molecule has 0 bridgehead atoms. The summed E-state index contributed by atoms with van der Waals surface area (Å²) in [5.74, 6) is -1.08. The summed E-state index contributed by atoms with van der Waals surface area (Å²) in [6.45, 7) is 3.13. The zero-order valence-electron chi connectivity index (χ0n) is 14.7. The molecule has 3 rings (SSSR count). The van der Waals surface area contributed by atoms with Crippen molar-refractivity contribution in [3.8, 4) is 5.69 Å². The Bertz CT molecular complexity index is 897. The SMILES string of the molecule is CC(=O)NC[C@H]1CN(c2ccc(-n3cc(NC(C)=O)cn3)c(F)c2)C(=O)O1. The lowest BCUT2D eigenvalue weighted by molar-refractivity contribution is -0.119. The van der Waals surface area contributed by atoms with Gasteiger partial charge in [-0.2, -0.15) is 5.10 Å². The Morgan fingerprint density at radius 1 is 1.33 bits per heavy atom. The molecule has 10 heteroatoms. The summed E-state index contributed by atoms with van der Waals surface area (Å²) in [6, 6.07) is 4.25. The summed E-state index contributed by atoms with van der Waals surface area (Å²) in [7, 11) is 0. The Labute approximate surface area is 154 Å². The number of hydrogen-bond acceptors (Lipinski definition) is 5. The maximum absolute atomic E-state index is 14.6. The van der Waals surface area contributed by atoms with Gasteiger partial charge in [-0.1, -0.05) is 0 Å². The number of nitrogens with zero attached hydrogens (tertiary/aromatic N) is 3. The molecule has 3 amide bonds. The van der Waals surface area contributed by atoms with Crippen molar-refractivity contribution in [3.05, 3.63) is 36.4 Å². The summed E-state index contributed by atoms with van der Waals surface area (Å²) < 4.78 is 21.0. The Kier molecular flexibility index (Phi) is 5.06. The number of halogens is 1. The van der Waals surface area contributed by atoms with Gasteiger partial charge < -0.3 is 15.4 Å². The number of benzene rings is 1. The Morgan fingerprint density at radius 2 is 2.11 bits per heavy atom. The first-order chi connectivity index (χ1) is 12.8. The number of rotatable bonds is 5. The van der Waals surface area contributed by atoms with E-state index < -0.39 is 18.0 Å². The van der Waals surface area contributed by atoms with E-state index in [0.29, 0.717) is 11.4 Å². The molecule has 0 saturated carbocycles. The lowest BCUT2D eigenvalue weighted by Gasteiger charge is -2.14. The molecule has 1 fully saturated rings. The second-order valence-corrected chi connectivity index (χ2v) is 6.04. The van der Waals surface area contributed by atoms with E-state index >= 15 is 0 Å². The maximum Gasteiger partial charge on any atom is 0.414 e. The number of nitrogens with one attached hydrogen (secondary N) is 2. The second-order valence-electron chi connectivity index (χ2n) is 6.04. The predicted molar refractivity (Wildman–Crippen MR) is 94.1 cm³/mol. The van der Waals surface area contributed by atoms with Crippen LogP contribution in [0.3, 0.4) is 0 Å². The third-order valence-electron chi connectivity index (χ3n) is 3.85. The molecule has 27 heavy (non-hydrogen) atoms. The minimum atomic E-state index is -0.607. The van der Waals surface area contributed by atoms with Gasteiger partial charge in [0.15, 0.2) is 5.82 Å². The van der Waals surface area contributed by atoms with Crippen LogP contribution in [0.15, 0.2) is 30.6 Å². The molecule has 2 heterocycles. The van der Waals surface area contributed by atoms with Crippen LogP contribution in [0, 0.1) is 5.82 Å². The molecule has 1 aromatic carbocycles. The van der Waals surface area contributed by atoms with E-state index in [2.05, 4.69) is 15.7 Å². The zero-order chi connectivity index (χ0) is 19.6. The van der Waals surface area contributed by atoms with Crippen molar-refractivity contribution in [2.45, 2.75) is 20.0 Å². The highest BCUT2D eigenvalue weighted by molar-refractivity contribution is 5.90. The Hall–Kier alpha value is -3.43. The lowest BCUT2D eigenvalue weighted by Crippen LogP contribution is -2.33. The van der Waals surface area contributed by atoms with Crippen LogP contribution < -0.4 is 15.5 Å². The number of ether oxygens (including phenoxy) is 1. The number of carbonyl (C=O) groups is 3. The van der Waals surface area contributed by atoms with Gasteiger partial charge in [0.1, 0.15) is 11.8 Å². The molecule has 142 valence electrons. The summed E-state index contributed by atoms with van der Waals surface area (Å²) in [5, 5.41) is 9.15. The summed E-state index contributed by atoms with van der Waals surface area (Å²) in [5.41, 5.74) is 0.938. The minimum Gasteiger partial charge on any atom is -0.442 e. The quantitative estimate of drug-likeness (QED) is 0.822. The third-order valence-corrected chi connectivity index (χ3v) is 3.85. The number of cyclic esters (lactones) is 1. The predicted octanol–water partition coefficient (Wildman–Crippen LogP) is 1.43. The highest BCUT2D eigenvalue weighted by atomic mass is 19.1. The van der Waals surface area contributed by atoms with E-state index in [1.54, 1.807) is 6.07 Å². The molecular weight excluding hydrogens is 357 g/mol. The zero-order valence-corrected chi connectivity index (χ0v) is 14.7. The van der Waals surface area contributed by atoms with Crippen LogP contribution in [-0.4, -0.2) is 46.9 Å². The van der Waals surface area contributed by atoms with Crippen LogP contribution in [0.5, 0.6) is 0 Å². The normalized spacial score (nSPS) is 16.2. The molecule has 1 saturated heterocycles. The van der Waals surface area contributed by atoms with Gasteiger partial charge in [0.2, 0.25) is 11.8 Å². The molecule has 9 nitrogen and oxygen atoms in total. The number of anilines is 2. The molecule has 1 aliphatic heterocycles. The van der Waals surface area contributed by atoms with E-state index in [1.165, 1.54) is 48.0 Å². The fourth-order valence-corrected chi connectivity index (χ4v) is 2.67. The van der Waals surface area contributed by atoms with Gasteiger partial charge in [-0.3, -0.25) is 14.5 Å². The highest BCUT2D eigenvalue weighted by Gasteiger charge is 2.32. The van der Waals surface area contributed by atoms with Gasteiger partial charge in [0, 0.05) is 13.8 Å². The first-order valence-electron chi connectivity index (χ1n) is 8.18. The Morgan fingerprint density at radius 3 is 2.78 bits per heavy atom. The number of amides is 3. The largest absolute Gasteiger partial charge is 0.442 e. The monoisotopic (exact) mass is 375 g/mol. The van der Waals surface area contributed by atoms with E-state index in [-0.39, 0.29) is 30.6 Å². The van der Waals surface area contributed by atoms with Crippen LogP contribution in [-0.2, 0) is 14.3 Å². The fraction of sp³-hybridized carbons (Fsp3) is 0.294. The molecule has 2 N–H and O–H groups in total. The van der Waals surface area contributed by atoms with Crippen LogP contribution in [0.2, 0.25) is 0 Å². The molecule has 0 radical (unpaired) electrons. The van der Waals surface area contributed by atoms with Crippen molar-refractivity contribution in [2.24, 2.45) is 0 Å². The molecule has 1 aliphatic rings. The van der Waals surface area contributed by atoms with Crippen molar-refractivity contribution >= 4 is 29.3 Å². The van der Waals surface area contributed by atoms with E-state index in [9.17, 15) is 18.8 Å². The highest BCUT2D eigenvalue weighted by Crippen LogP contribution is 2.25. The standard InChI is InChI=1S/C17H18FN5O4/c1-10(24)19-7-14-9-22(17(26)27-14)13-3-4-16(15(18)5-13)23-8-12(6-20-23)21-11(2)25/h3-6,8,14H,7,9H2,1-2H3,(H,19,24)(H,21,25)/t14-/m0/s1. The number of aromatic nitrogens is 2. The summed E-state index contributed by atoms with van der Waals surface area (Å²) in [4.78, 5) is 35.3. The van der Waals surface area contributed by atoms with Gasteiger partial charge in [0.25, 0.3) is 0 Å². The van der Waals surface area contributed by atoms with Gasteiger partial charge in [-0.05, 0) is 18.2 Å². The average Bonchev–Trinajstić information content (AvgIpc) is 3.19. The van der Waals surface area contributed by atoms with Gasteiger partial charge in [-0.15, -0.1) is 0 Å². The van der Waals surface area contributed by atoms with Gasteiger partial charge in [0.05, 0.1) is 36.9 Å². The number of hydrogen-bond donors (Lipinski definition) is 2. The molecule has 2 aromatic rings. The van der Waals surface area contributed by atoms with E-state index in [0.717, 1.165) is 0 Å². The Balaban J connectivity index is 1.75. The van der Waals surface area contributed by atoms with Gasteiger partial charge >= 0.3 is 6.09 Å². The fourth-order valence-electron chi connectivity index (χ4n) is 2.67. The molecule has 1 atom stereocenters. The molecule has 0 unspecified atom stereocenters. The van der Waals surface area contributed by atoms with Crippen molar-refractivity contribution in [2.75, 3.05) is 23.3 Å². The van der Waals surface area contributed by atoms with Crippen molar-refractivity contribution in [3.63, 3.8) is 0 Å². The first-order valence-corrected chi connectivity index (χ1v) is 8.18. The summed E-state index contributed by atoms with van der Waals surface area (Å²) >= 11 is 0. The summed E-state index contributed by atoms with van der Waals surface area (Å²) in [6.07, 6.45) is 1.77. The van der Waals surface area contributed by atoms with Crippen LogP contribution in [0.1, 0.15) is 13.8 Å². The van der Waals surface area contributed by atoms with Crippen molar-refractivity contribution in [1.29, 1.82) is 0 Å². The van der Waals surface area contributed by atoms with E-state index in [4.69, 9.17) is 4.74 Å². The third kappa shape index (κ3) is 4.22. The lowest BCUT2D eigenvalue weighted by atomic mass is 10.2. The first kappa shape index (κ1) is 18.4. The van der Waals surface area contributed by atoms with Crippen LogP contribution >= 0.6 is 0 Å². The van der Waals surface area contributed by atoms with Crippen molar-refractivity contribution in [1.82, 2.24) is 15.1 Å². The number of carbonyl (C=O) groups excluding carboxylic acids is 3. The molecule has 0 spiro atoms. The topological polar surface area (TPSA) is 106 Å². The van der Waals surface area contributed by atoms with Crippen molar-refractivity contribution < 1.29 is 23.5 Å².